The molecule has 0 aliphatic rings. The van der Waals surface area contributed by atoms with Crippen molar-refractivity contribution in [3.05, 3.63) is 53.0 Å². The van der Waals surface area contributed by atoms with Gasteiger partial charge in [0.15, 0.2) is 0 Å². The van der Waals surface area contributed by atoms with Crippen LogP contribution in [0.25, 0.3) is 11.3 Å². The molecule has 0 bridgehead atoms. The molecule has 7 heteroatoms. The van der Waals surface area contributed by atoms with Gasteiger partial charge in [0, 0.05) is 5.33 Å². The van der Waals surface area contributed by atoms with E-state index in [2.05, 4.69) is 25.7 Å². The molecule has 0 unspecified atom stereocenters. The molecule has 1 heterocycles. The number of alkyl halides is 1. The van der Waals surface area contributed by atoms with Gasteiger partial charge in [-0.3, -0.25) is 0 Å². The molecule has 21 heavy (non-hydrogen) atoms. The summed E-state index contributed by atoms with van der Waals surface area (Å²) < 4.78 is 46.2. The van der Waals surface area contributed by atoms with Crippen molar-refractivity contribution in [3.8, 4) is 11.3 Å². The van der Waals surface area contributed by atoms with Gasteiger partial charge in [-0.05, 0) is 29.8 Å². The molecule has 2 aromatic rings. The van der Waals surface area contributed by atoms with Crippen LogP contribution in [-0.4, -0.2) is 18.1 Å². The van der Waals surface area contributed by atoms with E-state index in [0.717, 1.165) is 31.4 Å². The number of esters is 1. The molecule has 0 aliphatic carbocycles. The molecule has 1 aromatic heterocycles. The minimum Gasteiger partial charge on any atom is -0.464 e. The van der Waals surface area contributed by atoms with Crippen LogP contribution in [0.5, 0.6) is 0 Å². The topological polar surface area (TPSA) is 39.2 Å². The second-order valence-corrected chi connectivity index (χ2v) is 4.65. The van der Waals surface area contributed by atoms with Gasteiger partial charge in [-0.1, -0.05) is 15.9 Å². The number of hydrogen-bond donors (Lipinski definition) is 0. The highest BCUT2D eigenvalue weighted by atomic mass is 79.9. The van der Waals surface area contributed by atoms with Crippen molar-refractivity contribution >= 4 is 21.9 Å². The normalized spacial score (nSPS) is 10.5. The minimum absolute atomic E-state index is 0.239. The SMILES string of the molecule is COC(=O)c1ccc(F)c(-c2c(F)cc(CBr)cc2F)n1. The van der Waals surface area contributed by atoms with Crippen molar-refractivity contribution in [1.29, 1.82) is 0 Å². The number of hydrogen-bond acceptors (Lipinski definition) is 3. The lowest BCUT2D eigenvalue weighted by molar-refractivity contribution is 0.0594. The van der Waals surface area contributed by atoms with Crippen molar-refractivity contribution < 1.29 is 22.7 Å². The van der Waals surface area contributed by atoms with E-state index in [-0.39, 0.29) is 11.0 Å². The Morgan fingerprint density at radius 1 is 1.19 bits per heavy atom. The highest BCUT2D eigenvalue weighted by molar-refractivity contribution is 9.08. The highest BCUT2D eigenvalue weighted by Gasteiger charge is 2.20. The third kappa shape index (κ3) is 3.07. The number of halogens is 4. The van der Waals surface area contributed by atoms with Crippen molar-refractivity contribution in [1.82, 2.24) is 4.98 Å². The third-order valence-corrected chi connectivity index (χ3v) is 3.38. The molecule has 0 fully saturated rings. The van der Waals surface area contributed by atoms with E-state index in [9.17, 15) is 18.0 Å². The number of nitrogens with zero attached hydrogens (tertiary/aromatic N) is 1. The fourth-order valence-corrected chi connectivity index (χ4v) is 2.09. The van der Waals surface area contributed by atoms with Gasteiger partial charge in [0.1, 0.15) is 28.8 Å². The summed E-state index contributed by atoms with van der Waals surface area (Å²) in [6, 6.07) is 4.12. The predicted molar refractivity (Wildman–Crippen MR) is 73.5 cm³/mol. The Labute approximate surface area is 126 Å². The van der Waals surface area contributed by atoms with Gasteiger partial charge in [0.05, 0.1) is 12.7 Å². The molecule has 0 spiro atoms. The summed E-state index contributed by atoms with van der Waals surface area (Å²) in [6.45, 7) is 0. The zero-order valence-electron chi connectivity index (χ0n) is 10.8. The van der Waals surface area contributed by atoms with Crippen LogP contribution in [0, 0.1) is 17.5 Å². The Morgan fingerprint density at radius 3 is 2.33 bits per heavy atom. The number of rotatable bonds is 3. The van der Waals surface area contributed by atoms with Gasteiger partial charge < -0.3 is 4.74 Å². The van der Waals surface area contributed by atoms with Gasteiger partial charge >= 0.3 is 5.97 Å². The number of carbonyl (C=O) groups is 1. The van der Waals surface area contributed by atoms with E-state index in [4.69, 9.17) is 0 Å². The molecule has 0 saturated carbocycles. The smallest absolute Gasteiger partial charge is 0.356 e. The van der Waals surface area contributed by atoms with Crippen LogP contribution in [0.1, 0.15) is 16.1 Å². The van der Waals surface area contributed by atoms with Crippen molar-refractivity contribution in [2.45, 2.75) is 5.33 Å². The van der Waals surface area contributed by atoms with E-state index in [0.29, 0.717) is 5.56 Å². The van der Waals surface area contributed by atoms with Crippen LogP contribution in [0.15, 0.2) is 24.3 Å². The first kappa shape index (κ1) is 15.5. The number of pyridine rings is 1. The molecular weight excluding hydrogens is 351 g/mol. The van der Waals surface area contributed by atoms with Crippen molar-refractivity contribution in [2.24, 2.45) is 0 Å². The first-order valence-corrected chi connectivity index (χ1v) is 6.89. The van der Waals surface area contributed by atoms with Gasteiger partial charge in [-0.25, -0.2) is 22.9 Å². The summed E-state index contributed by atoms with van der Waals surface area (Å²) in [5, 5.41) is 0.249. The summed E-state index contributed by atoms with van der Waals surface area (Å²) in [4.78, 5) is 15.0. The lowest BCUT2D eigenvalue weighted by Gasteiger charge is -2.09. The van der Waals surface area contributed by atoms with Crippen molar-refractivity contribution in [3.63, 3.8) is 0 Å². The lowest BCUT2D eigenvalue weighted by atomic mass is 10.1. The number of ether oxygens (including phenoxy) is 1. The molecule has 2 rings (SSSR count). The van der Waals surface area contributed by atoms with Gasteiger partial charge in [-0.15, -0.1) is 0 Å². The molecule has 1 aromatic carbocycles. The average molecular weight is 360 g/mol. The maximum Gasteiger partial charge on any atom is 0.356 e. The highest BCUT2D eigenvalue weighted by Crippen LogP contribution is 2.28. The van der Waals surface area contributed by atoms with Gasteiger partial charge in [-0.2, -0.15) is 0 Å². The summed E-state index contributed by atoms with van der Waals surface area (Å²) in [6.07, 6.45) is 0. The standard InChI is InChI=1S/C14H9BrF3NO2/c1-21-14(20)11-3-2-8(16)13(19-11)12-9(17)4-7(6-15)5-10(12)18/h2-5H,6H2,1H3. The number of benzene rings is 1. The molecular formula is C14H9BrF3NO2. The minimum atomic E-state index is -0.960. The van der Waals surface area contributed by atoms with Gasteiger partial charge in [0.25, 0.3) is 0 Å². The quantitative estimate of drug-likeness (QED) is 0.617. The molecule has 0 radical (unpaired) electrons. The molecule has 0 amide bonds. The van der Waals surface area contributed by atoms with Gasteiger partial charge in [0.2, 0.25) is 0 Å². The summed E-state index contributed by atoms with van der Waals surface area (Å²) in [5.74, 6) is -3.68. The summed E-state index contributed by atoms with van der Waals surface area (Å²) in [7, 11) is 1.12. The zero-order valence-corrected chi connectivity index (χ0v) is 12.4. The van der Waals surface area contributed by atoms with Crippen LogP contribution in [0.2, 0.25) is 0 Å². The average Bonchev–Trinajstić information content (AvgIpc) is 2.47. The molecule has 0 N–H and O–H groups in total. The van der Waals surface area contributed by atoms with E-state index in [1.807, 2.05) is 0 Å². The molecule has 3 nitrogen and oxygen atoms in total. The first-order chi connectivity index (χ1) is 9.97. The predicted octanol–water partition coefficient (Wildman–Crippen LogP) is 3.85. The van der Waals surface area contributed by atoms with Crippen LogP contribution in [0.3, 0.4) is 0 Å². The molecule has 0 saturated heterocycles. The van der Waals surface area contributed by atoms with Crippen LogP contribution < -0.4 is 0 Å². The maximum absolute atomic E-state index is 14.0. The fourth-order valence-electron chi connectivity index (χ4n) is 1.76. The van der Waals surface area contributed by atoms with Crippen molar-refractivity contribution in [2.75, 3.05) is 7.11 Å². The maximum atomic E-state index is 14.0. The Bertz CT molecular complexity index is 684. The Morgan fingerprint density at radius 2 is 1.81 bits per heavy atom. The number of methoxy groups -OCH3 is 1. The van der Waals surface area contributed by atoms with E-state index in [1.54, 1.807) is 0 Å². The summed E-state index contributed by atoms with van der Waals surface area (Å²) in [5.41, 5.74) is -1.08. The monoisotopic (exact) mass is 359 g/mol. The Hall–Kier alpha value is -1.89. The molecule has 110 valence electrons. The Kier molecular flexibility index (Phi) is 4.62. The molecule has 0 aliphatic heterocycles. The second kappa shape index (κ2) is 6.26. The largest absolute Gasteiger partial charge is 0.464 e. The zero-order chi connectivity index (χ0) is 15.6. The lowest BCUT2D eigenvalue weighted by Crippen LogP contribution is -2.07. The van der Waals surface area contributed by atoms with Crippen LogP contribution in [0.4, 0.5) is 13.2 Å². The van der Waals surface area contributed by atoms with E-state index < -0.39 is 34.7 Å². The summed E-state index contributed by atoms with van der Waals surface area (Å²) >= 11 is 3.08. The number of carbonyl (C=O) groups excluding carboxylic acids is 1. The van der Waals surface area contributed by atoms with Crippen LogP contribution >= 0.6 is 15.9 Å². The number of aromatic nitrogens is 1. The molecule has 0 atom stereocenters. The first-order valence-electron chi connectivity index (χ1n) is 5.77. The van der Waals surface area contributed by atoms with E-state index >= 15 is 0 Å². The third-order valence-electron chi connectivity index (χ3n) is 2.73. The fraction of sp³-hybridized carbons (Fsp3) is 0.143. The second-order valence-electron chi connectivity index (χ2n) is 4.09. The Balaban J connectivity index is 2.64. The van der Waals surface area contributed by atoms with Crippen LogP contribution in [-0.2, 0) is 10.1 Å². The van der Waals surface area contributed by atoms with E-state index in [1.165, 1.54) is 0 Å².